The molecule has 32 heavy (non-hydrogen) atoms. The molecule has 1 unspecified atom stereocenters. The molecule has 0 spiro atoms. The number of nitriles is 2. The van der Waals surface area contributed by atoms with Crippen molar-refractivity contribution >= 4 is 10.0 Å². The molecule has 12 heteroatoms. The first-order valence-electron chi connectivity index (χ1n) is 9.00. The number of alkyl halides is 3. The van der Waals surface area contributed by atoms with Gasteiger partial charge in [-0.2, -0.15) is 28.0 Å². The summed E-state index contributed by atoms with van der Waals surface area (Å²) < 4.78 is 63.8. The quantitative estimate of drug-likeness (QED) is 0.623. The maximum absolute atomic E-state index is 12.7. The Morgan fingerprint density at radius 1 is 1.12 bits per heavy atom. The van der Waals surface area contributed by atoms with E-state index in [4.69, 9.17) is 20.7 Å². The molecule has 1 saturated heterocycles. The van der Waals surface area contributed by atoms with Crippen molar-refractivity contribution in [2.24, 2.45) is 0 Å². The number of nitrogens with zero attached hydrogens (tertiary/aromatic N) is 3. The number of aliphatic hydroxyl groups is 2. The van der Waals surface area contributed by atoms with Gasteiger partial charge in [0.1, 0.15) is 17.4 Å². The van der Waals surface area contributed by atoms with Crippen LogP contribution in [0.15, 0.2) is 47.4 Å². The lowest BCUT2D eigenvalue weighted by atomic mass is 10.1. The summed E-state index contributed by atoms with van der Waals surface area (Å²) in [6, 6.07) is 11.4. The van der Waals surface area contributed by atoms with Gasteiger partial charge in [0.25, 0.3) is 0 Å². The Bertz CT molecular complexity index is 1170. The van der Waals surface area contributed by atoms with Crippen LogP contribution in [0.25, 0.3) is 0 Å². The van der Waals surface area contributed by atoms with E-state index < -0.39 is 51.0 Å². The van der Waals surface area contributed by atoms with Gasteiger partial charge in [-0.05, 0) is 42.8 Å². The summed E-state index contributed by atoms with van der Waals surface area (Å²) in [7, 11) is -4.25. The number of aliphatic hydroxyl groups excluding tert-OH is 1. The Morgan fingerprint density at radius 3 is 2.28 bits per heavy atom. The van der Waals surface area contributed by atoms with Crippen LogP contribution >= 0.6 is 0 Å². The highest BCUT2D eigenvalue weighted by molar-refractivity contribution is 7.89. The number of phenols is 1. The van der Waals surface area contributed by atoms with E-state index in [1.807, 2.05) is 6.07 Å². The van der Waals surface area contributed by atoms with Crippen molar-refractivity contribution < 1.29 is 36.9 Å². The first-order chi connectivity index (χ1) is 14.9. The second-order valence-corrected chi connectivity index (χ2v) is 8.86. The normalized spacial score (nSPS) is 18.8. The lowest BCUT2D eigenvalue weighted by molar-refractivity contribution is -0.137. The number of sulfonamides is 1. The molecular formula is C20H18F3N3O5S. The molecule has 2 aromatic rings. The Hall–Kier alpha value is -3.16. The third-order valence-electron chi connectivity index (χ3n) is 4.61. The van der Waals surface area contributed by atoms with E-state index in [0.29, 0.717) is 17.7 Å². The van der Waals surface area contributed by atoms with E-state index in [9.17, 15) is 26.7 Å². The van der Waals surface area contributed by atoms with Crippen molar-refractivity contribution in [3.05, 3.63) is 59.2 Å². The lowest BCUT2D eigenvalue weighted by Crippen LogP contribution is -2.39. The van der Waals surface area contributed by atoms with E-state index >= 15 is 0 Å². The molecule has 0 aliphatic carbocycles. The van der Waals surface area contributed by atoms with Gasteiger partial charge in [-0.3, -0.25) is 0 Å². The molecule has 2 aromatic carbocycles. The minimum absolute atomic E-state index is 0.00868. The van der Waals surface area contributed by atoms with Gasteiger partial charge >= 0.3 is 6.18 Å². The lowest BCUT2D eigenvalue weighted by Gasteiger charge is -2.21. The first-order valence-corrected chi connectivity index (χ1v) is 10.4. The summed E-state index contributed by atoms with van der Waals surface area (Å²) in [6.07, 6.45) is -4.70. The van der Waals surface area contributed by atoms with Crippen molar-refractivity contribution in [3.63, 3.8) is 0 Å². The number of hydrogen-bond donors (Lipinski definition) is 3. The molecular weight excluding hydrogens is 451 g/mol. The average molecular weight is 469 g/mol. The zero-order valence-electron chi connectivity index (χ0n) is 16.4. The van der Waals surface area contributed by atoms with Crippen LogP contribution in [0.3, 0.4) is 0 Å². The maximum atomic E-state index is 12.7. The van der Waals surface area contributed by atoms with E-state index in [-0.39, 0.29) is 18.7 Å². The summed E-state index contributed by atoms with van der Waals surface area (Å²) in [5.41, 5.74) is -2.86. The largest absolute Gasteiger partial charge is 0.508 e. The smallest absolute Gasteiger partial charge is 0.416 e. The van der Waals surface area contributed by atoms with E-state index in [0.717, 1.165) is 10.4 Å². The topological polar surface area (TPSA) is 146 Å². The van der Waals surface area contributed by atoms with Crippen molar-refractivity contribution in [1.29, 1.82) is 10.5 Å². The van der Waals surface area contributed by atoms with Gasteiger partial charge in [-0.15, -0.1) is 0 Å². The molecule has 0 radical (unpaired) electrons. The predicted octanol–water partition coefficient (Wildman–Crippen LogP) is 1.96. The summed E-state index contributed by atoms with van der Waals surface area (Å²) in [4.78, 5) is -0.560. The number of rotatable bonds is 3. The third kappa shape index (κ3) is 5.75. The van der Waals surface area contributed by atoms with Crippen LogP contribution in [0.4, 0.5) is 13.2 Å². The number of halogens is 3. The molecule has 8 nitrogen and oxygen atoms in total. The summed E-state index contributed by atoms with van der Waals surface area (Å²) >= 11 is 0. The zero-order valence-corrected chi connectivity index (χ0v) is 17.2. The molecule has 1 atom stereocenters. The highest BCUT2D eigenvalue weighted by atomic mass is 32.2. The number of benzene rings is 2. The first kappa shape index (κ1) is 25.1. The number of aromatic hydroxyl groups is 1. The van der Waals surface area contributed by atoms with E-state index in [1.165, 1.54) is 18.2 Å². The fourth-order valence-corrected chi connectivity index (χ4v) is 4.53. The number of β-amino-alcohol motifs (C(OH)–C–C–N with tert-alkyl or cyclic N) is 1. The highest BCUT2D eigenvalue weighted by Gasteiger charge is 2.42. The van der Waals surface area contributed by atoms with Crippen LogP contribution < -0.4 is 0 Å². The molecule has 1 aliphatic rings. The van der Waals surface area contributed by atoms with E-state index in [2.05, 4.69) is 0 Å². The van der Waals surface area contributed by atoms with Crippen LogP contribution in [-0.2, 0) is 16.2 Å². The van der Waals surface area contributed by atoms with Gasteiger partial charge in [0, 0.05) is 13.1 Å². The van der Waals surface area contributed by atoms with Gasteiger partial charge in [0.05, 0.1) is 34.3 Å². The van der Waals surface area contributed by atoms with Gasteiger partial charge < -0.3 is 15.3 Å². The molecule has 1 heterocycles. The van der Waals surface area contributed by atoms with Gasteiger partial charge in [-0.1, -0.05) is 6.07 Å². The molecule has 3 rings (SSSR count). The van der Waals surface area contributed by atoms with Crippen molar-refractivity contribution in [1.82, 2.24) is 4.31 Å². The van der Waals surface area contributed by atoms with Crippen LogP contribution in [0.1, 0.15) is 23.1 Å². The number of phenolic OH excluding ortho intramolecular Hbond substituents is 1. The second-order valence-electron chi connectivity index (χ2n) is 6.95. The average Bonchev–Trinajstić information content (AvgIpc) is 3.16. The molecule has 0 bridgehead atoms. The summed E-state index contributed by atoms with van der Waals surface area (Å²) in [6.45, 7) is -1.14. The molecule has 3 N–H and O–H groups in total. The minimum Gasteiger partial charge on any atom is -0.508 e. The molecule has 0 saturated carbocycles. The molecule has 0 amide bonds. The Kier molecular flexibility index (Phi) is 7.49. The molecule has 1 aliphatic heterocycles. The number of hydrogen-bond acceptors (Lipinski definition) is 7. The van der Waals surface area contributed by atoms with Gasteiger partial charge in [0.15, 0.2) is 0 Å². The SMILES string of the molecule is N#Cc1cc(C(F)(F)F)ccc1S(=O)(=O)N1CCC(O)(CO)C1.N#Cc1cccc(O)c1. The minimum atomic E-state index is -4.70. The second kappa shape index (κ2) is 9.54. The van der Waals surface area contributed by atoms with Crippen LogP contribution in [-0.4, -0.2) is 53.3 Å². The van der Waals surface area contributed by atoms with E-state index in [1.54, 1.807) is 12.1 Å². The Labute approximate surface area is 182 Å². The van der Waals surface area contributed by atoms with Crippen molar-refractivity contribution in [3.8, 4) is 17.9 Å². The summed E-state index contributed by atoms with van der Waals surface area (Å²) in [5.74, 6) is 0.133. The maximum Gasteiger partial charge on any atom is 0.416 e. The van der Waals surface area contributed by atoms with Crippen LogP contribution in [0, 0.1) is 22.7 Å². The fourth-order valence-electron chi connectivity index (χ4n) is 2.89. The Morgan fingerprint density at radius 2 is 1.81 bits per heavy atom. The van der Waals surface area contributed by atoms with Gasteiger partial charge in [-0.25, -0.2) is 8.42 Å². The zero-order chi connectivity index (χ0) is 24.2. The monoisotopic (exact) mass is 469 g/mol. The standard InChI is InChI=1S/C13H13F3N2O4S.C7H5NO/c14-13(15,16)10-1-2-11(9(5-10)6-17)23(21,22)18-4-3-12(20,7-18)8-19;8-5-6-2-1-3-7(9)4-6/h1-2,5,19-20H,3-4,7-8H2;1-4,9H. The van der Waals surface area contributed by atoms with Crippen LogP contribution in [0.2, 0.25) is 0 Å². The van der Waals surface area contributed by atoms with Crippen LogP contribution in [0.5, 0.6) is 5.75 Å². The predicted molar refractivity (Wildman–Crippen MR) is 104 cm³/mol. The van der Waals surface area contributed by atoms with Crippen molar-refractivity contribution in [2.45, 2.75) is 23.1 Å². The highest BCUT2D eigenvalue weighted by Crippen LogP contribution is 2.33. The fraction of sp³-hybridized carbons (Fsp3) is 0.300. The van der Waals surface area contributed by atoms with Crippen molar-refractivity contribution in [2.75, 3.05) is 19.7 Å². The molecule has 0 aromatic heterocycles. The molecule has 1 fully saturated rings. The Balaban J connectivity index is 0.000000336. The molecule has 170 valence electrons. The third-order valence-corrected chi connectivity index (χ3v) is 6.52. The summed E-state index contributed by atoms with van der Waals surface area (Å²) in [5, 5.41) is 45.0. The van der Waals surface area contributed by atoms with Gasteiger partial charge in [0.2, 0.25) is 10.0 Å².